The highest BCUT2D eigenvalue weighted by atomic mass is 16.5. The van der Waals surface area contributed by atoms with Crippen LogP contribution in [0.4, 0.5) is 0 Å². The summed E-state index contributed by atoms with van der Waals surface area (Å²) in [5, 5.41) is 0. The molecule has 154 valence electrons. The van der Waals surface area contributed by atoms with E-state index in [4.69, 9.17) is 9.47 Å². The third-order valence-corrected chi connectivity index (χ3v) is 5.53. The van der Waals surface area contributed by atoms with Gasteiger partial charge in [-0.3, -0.25) is 0 Å². The van der Waals surface area contributed by atoms with Gasteiger partial charge in [0.25, 0.3) is 0 Å². The standard InChI is InChI=1S/C23H40N2O2/c1-8-25(15-20-9-11-21(12-10-20)27-19(2)3)18-23(17-24(6)7)13-14-26-22(4,5)16-23/h9-12,19H,8,13-18H2,1-7H3/p+2/t23-/m0/s1. The number of quaternary nitrogens is 2. The average Bonchev–Trinajstić information content (AvgIpc) is 2.53. The summed E-state index contributed by atoms with van der Waals surface area (Å²) in [5.41, 5.74) is 1.73. The Bertz CT molecular complexity index is 568. The SMILES string of the molecule is CC[NH+](Cc1ccc(OC(C)C)cc1)C[C@@]1(C[NH+](C)C)CCOC(C)(C)C1. The molecule has 0 aromatic heterocycles. The second-order valence-corrected chi connectivity index (χ2v) is 9.69. The number of benzene rings is 1. The van der Waals surface area contributed by atoms with Gasteiger partial charge < -0.3 is 19.3 Å². The van der Waals surface area contributed by atoms with Gasteiger partial charge in [-0.15, -0.1) is 0 Å². The summed E-state index contributed by atoms with van der Waals surface area (Å²) in [4.78, 5) is 3.20. The number of ether oxygens (including phenoxy) is 2. The van der Waals surface area contributed by atoms with Crippen molar-refractivity contribution in [2.45, 2.75) is 65.7 Å². The molecule has 4 nitrogen and oxygen atoms in total. The Morgan fingerprint density at radius 1 is 1.11 bits per heavy atom. The Kier molecular flexibility index (Phi) is 7.73. The van der Waals surface area contributed by atoms with E-state index in [0.29, 0.717) is 5.41 Å². The molecule has 0 spiro atoms. The molecule has 0 aliphatic carbocycles. The van der Waals surface area contributed by atoms with Crippen LogP contribution >= 0.6 is 0 Å². The molecule has 2 atom stereocenters. The molecule has 1 heterocycles. The van der Waals surface area contributed by atoms with Gasteiger partial charge in [0.1, 0.15) is 12.3 Å². The van der Waals surface area contributed by atoms with Gasteiger partial charge in [-0.05, 0) is 71.7 Å². The molecule has 1 saturated heterocycles. The maximum Gasteiger partial charge on any atom is 0.119 e. The lowest BCUT2D eigenvalue weighted by Gasteiger charge is -2.45. The molecular weight excluding hydrogens is 336 g/mol. The maximum absolute atomic E-state index is 6.05. The van der Waals surface area contributed by atoms with Gasteiger partial charge in [0, 0.05) is 12.2 Å². The Balaban J connectivity index is 2.08. The summed E-state index contributed by atoms with van der Waals surface area (Å²) in [6.07, 6.45) is 2.54. The summed E-state index contributed by atoms with van der Waals surface area (Å²) < 4.78 is 11.8. The first-order valence-corrected chi connectivity index (χ1v) is 10.7. The van der Waals surface area contributed by atoms with Gasteiger partial charge in [0.05, 0.1) is 50.8 Å². The van der Waals surface area contributed by atoms with Gasteiger partial charge in [-0.1, -0.05) is 0 Å². The fourth-order valence-electron chi connectivity index (χ4n) is 4.79. The first-order valence-electron chi connectivity index (χ1n) is 10.7. The quantitative estimate of drug-likeness (QED) is 0.683. The van der Waals surface area contributed by atoms with Crippen LogP contribution in [-0.2, 0) is 11.3 Å². The van der Waals surface area contributed by atoms with Crippen molar-refractivity contribution >= 4 is 0 Å². The fraction of sp³-hybridized carbons (Fsp3) is 0.739. The molecule has 2 rings (SSSR count). The Labute approximate surface area is 166 Å². The number of hydrogen-bond donors (Lipinski definition) is 2. The molecule has 1 fully saturated rings. The van der Waals surface area contributed by atoms with E-state index < -0.39 is 0 Å². The van der Waals surface area contributed by atoms with E-state index in [1.165, 1.54) is 25.1 Å². The van der Waals surface area contributed by atoms with Crippen molar-refractivity contribution in [1.82, 2.24) is 0 Å². The van der Waals surface area contributed by atoms with E-state index >= 15 is 0 Å². The normalized spacial score (nSPS) is 23.6. The van der Waals surface area contributed by atoms with Gasteiger partial charge in [0.2, 0.25) is 0 Å². The van der Waals surface area contributed by atoms with Crippen molar-refractivity contribution in [1.29, 1.82) is 0 Å². The zero-order valence-electron chi connectivity index (χ0n) is 18.7. The molecule has 4 heteroatoms. The van der Waals surface area contributed by atoms with Crippen molar-refractivity contribution in [2.75, 3.05) is 40.3 Å². The van der Waals surface area contributed by atoms with Crippen LogP contribution in [0, 0.1) is 5.41 Å². The highest BCUT2D eigenvalue weighted by molar-refractivity contribution is 5.26. The van der Waals surface area contributed by atoms with Crippen LogP contribution < -0.4 is 14.5 Å². The van der Waals surface area contributed by atoms with Crippen LogP contribution in [0.1, 0.15) is 53.0 Å². The van der Waals surface area contributed by atoms with E-state index in [9.17, 15) is 0 Å². The van der Waals surface area contributed by atoms with Crippen LogP contribution in [0.2, 0.25) is 0 Å². The minimum absolute atomic E-state index is 0.0115. The first kappa shape index (κ1) is 22.2. The molecule has 1 aromatic carbocycles. The fourth-order valence-corrected chi connectivity index (χ4v) is 4.79. The minimum Gasteiger partial charge on any atom is -0.491 e. The monoisotopic (exact) mass is 378 g/mol. The predicted octanol–water partition coefficient (Wildman–Crippen LogP) is 1.60. The molecule has 1 aromatic rings. The summed E-state index contributed by atoms with van der Waals surface area (Å²) in [6.45, 7) is 16.5. The summed E-state index contributed by atoms with van der Waals surface area (Å²) in [6, 6.07) is 8.68. The van der Waals surface area contributed by atoms with E-state index in [0.717, 1.165) is 31.9 Å². The number of rotatable bonds is 9. The Morgan fingerprint density at radius 2 is 1.78 bits per heavy atom. The second-order valence-electron chi connectivity index (χ2n) is 9.69. The van der Waals surface area contributed by atoms with Crippen molar-refractivity contribution in [3.63, 3.8) is 0 Å². The summed E-state index contributed by atoms with van der Waals surface area (Å²) in [5.74, 6) is 0.964. The van der Waals surface area contributed by atoms with Gasteiger partial charge >= 0.3 is 0 Å². The topological polar surface area (TPSA) is 27.3 Å². The molecule has 0 saturated carbocycles. The Morgan fingerprint density at radius 3 is 2.30 bits per heavy atom. The lowest BCUT2D eigenvalue weighted by atomic mass is 9.73. The van der Waals surface area contributed by atoms with Crippen LogP contribution in [0.5, 0.6) is 5.75 Å². The minimum atomic E-state index is -0.0115. The van der Waals surface area contributed by atoms with E-state index in [1.54, 1.807) is 9.80 Å². The predicted molar refractivity (Wildman–Crippen MR) is 112 cm³/mol. The van der Waals surface area contributed by atoms with Gasteiger partial charge in [-0.2, -0.15) is 0 Å². The molecule has 0 bridgehead atoms. The van der Waals surface area contributed by atoms with Crippen LogP contribution in [0.3, 0.4) is 0 Å². The van der Waals surface area contributed by atoms with Crippen molar-refractivity contribution < 1.29 is 19.3 Å². The summed E-state index contributed by atoms with van der Waals surface area (Å²) >= 11 is 0. The molecule has 1 aliphatic rings. The maximum atomic E-state index is 6.05. The molecule has 0 amide bonds. The zero-order valence-corrected chi connectivity index (χ0v) is 18.7. The largest absolute Gasteiger partial charge is 0.491 e. The molecule has 2 N–H and O–H groups in total. The van der Waals surface area contributed by atoms with Gasteiger partial charge in [0.15, 0.2) is 0 Å². The third kappa shape index (κ3) is 7.10. The first-order chi connectivity index (χ1) is 12.6. The average molecular weight is 379 g/mol. The van der Waals surface area contributed by atoms with Crippen LogP contribution in [0.25, 0.3) is 0 Å². The number of nitrogens with one attached hydrogen (secondary N) is 2. The van der Waals surface area contributed by atoms with E-state index in [1.807, 2.05) is 0 Å². The van der Waals surface area contributed by atoms with Crippen LogP contribution in [-0.4, -0.2) is 52.0 Å². The second kappa shape index (κ2) is 9.40. The van der Waals surface area contributed by atoms with E-state index in [-0.39, 0.29) is 11.7 Å². The molecule has 1 unspecified atom stereocenters. The lowest BCUT2D eigenvalue weighted by molar-refractivity contribution is -0.929. The third-order valence-electron chi connectivity index (χ3n) is 5.53. The molecule has 1 aliphatic heterocycles. The lowest BCUT2D eigenvalue weighted by Crippen LogP contribution is -3.14. The van der Waals surface area contributed by atoms with Crippen molar-refractivity contribution in [2.24, 2.45) is 5.41 Å². The molecule has 27 heavy (non-hydrogen) atoms. The van der Waals surface area contributed by atoms with Crippen LogP contribution in [0.15, 0.2) is 24.3 Å². The van der Waals surface area contributed by atoms with Gasteiger partial charge in [-0.25, -0.2) is 0 Å². The highest BCUT2D eigenvalue weighted by Crippen LogP contribution is 2.37. The zero-order chi connectivity index (χ0) is 20.1. The van der Waals surface area contributed by atoms with E-state index in [2.05, 4.69) is 73.0 Å². The van der Waals surface area contributed by atoms with Crippen molar-refractivity contribution in [3.8, 4) is 5.75 Å². The Hall–Kier alpha value is -1.10. The summed E-state index contributed by atoms with van der Waals surface area (Å²) in [7, 11) is 4.56. The highest BCUT2D eigenvalue weighted by Gasteiger charge is 2.45. The van der Waals surface area contributed by atoms with Crippen molar-refractivity contribution in [3.05, 3.63) is 29.8 Å². The molecular formula is C23H42N2O2+2. The number of hydrogen-bond acceptors (Lipinski definition) is 2. The smallest absolute Gasteiger partial charge is 0.119 e. The molecule has 0 radical (unpaired) electrons.